The van der Waals surface area contributed by atoms with Gasteiger partial charge in [0.1, 0.15) is 9.94 Å². The number of carbonyl (C=O) groups is 2. The summed E-state index contributed by atoms with van der Waals surface area (Å²) in [5.74, 6) is -0.616. The molecular formula is C19H17ClN2O2S. The van der Waals surface area contributed by atoms with E-state index in [1.54, 1.807) is 0 Å². The van der Waals surface area contributed by atoms with E-state index in [1.807, 2.05) is 62.4 Å². The monoisotopic (exact) mass is 372 g/mol. The molecule has 0 fully saturated rings. The summed E-state index contributed by atoms with van der Waals surface area (Å²) in [6.45, 7) is 4.10. The highest BCUT2D eigenvalue weighted by Gasteiger charge is 2.26. The standard InChI is InChI=1S/C19H17ClN2O2S/c1-11(2)12-7-3-4-8-13(12)21-18(23)16(20)17-19(24)22-14-9-5-6-10-15(14)25-17/h3-11H,1-2H3,(H,21,23)(H,22,24)/b17-16-. The van der Waals surface area contributed by atoms with Crippen molar-refractivity contribution in [1.82, 2.24) is 0 Å². The molecule has 6 heteroatoms. The van der Waals surface area contributed by atoms with Crippen LogP contribution in [0.25, 0.3) is 0 Å². The molecule has 4 nitrogen and oxygen atoms in total. The quantitative estimate of drug-likeness (QED) is 0.750. The molecular weight excluding hydrogens is 356 g/mol. The zero-order chi connectivity index (χ0) is 18.0. The van der Waals surface area contributed by atoms with Crippen molar-refractivity contribution in [2.45, 2.75) is 24.7 Å². The molecule has 128 valence electrons. The van der Waals surface area contributed by atoms with E-state index < -0.39 is 5.91 Å². The molecule has 25 heavy (non-hydrogen) atoms. The number of hydrogen-bond acceptors (Lipinski definition) is 3. The highest BCUT2D eigenvalue weighted by atomic mass is 35.5. The Labute approximate surface area is 155 Å². The van der Waals surface area contributed by atoms with Gasteiger partial charge in [0.25, 0.3) is 11.8 Å². The third-order valence-electron chi connectivity index (χ3n) is 3.78. The van der Waals surface area contributed by atoms with Gasteiger partial charge in [-0.3, -0.25) is 9.59 Å². The summed E-state index contributed by atoms with van der Waals surface area (Å²) in [5, 5.41) is 5.45. The zero-order valence-electron chi connectivity index (χ0n) is 13.8. The molecule has 0 saturated carbocycles. The van der Waals surface area contributed by atoms with Crippen molar-refractivity contribution in [2.75, 3.05) is 10.6 Å². The fraction of sp³-hybridized carbons (Fsp3) is 0.158. The van der Waals surface area contributed by atoms with Gasteiger partial charge in [0, 0.05) is 10.6 Å². The molecule has 0 spiro atoms. The molecule has 0 radical (unpaired) electrons. The van der Waals surface area contributed by atoms with Crippen LogP contribution in [-0.2, 0) is 9.59 Å². The molecule has 0 unspecified atom stereocenters. The third kappa shape index (κ3) is 3.72. The molecule has 2 aromatic rings. The van der Waals surface area contributed by atoms with Gasteiger partial charge in [-0.1, -0.05) is 67.5 Å². The van der Waals surface area contributed by atoms with Crippen molar-refractivity contribution < 1.29 is 9.59 Å². The number of anilines is 2. The molecule has 0 saturated heterocycles. The second-order valence-electron chi connectivity index (χ2n) is 5.89. The van der Waals surface area contributed by atoms with Crippen LogP contribution in [0.5, 0.6) is 0 Å². The van der Waals surface area contributed by atoms with Gasteiger partial charge in [-0.2, -0.15) is 0 Å². The summed E-state index contributed by atoms with van der Waals surface area (Å²) < 4.78 is 0. The number of halogens is 1. The molecule has 2 amide bonds. The summed E-state index contributed by atoms with van der Waals surface area (Å²) in [6.07, 6.45) is 0. The zero-order valence-corrected chi connectivity index (χ0v) is 15.4. The fourth-order valence-corrected chi connectivity index (χ4v) is 3.70. The Morgan fingerprint density at radius 2 is 1.80 bits per heavy atom. The minimum atomic E-state index is -0.494. The van der Waals surface area contributed by atoms with Crippen molar-refractivity contribution in [3.63, 3.8) is 0 Å². The van der Waals surface area contributed by atoms with Crippen molar-refractivity contribution in [2.24, 2.45) is 0 Å². The maximum Gasteiger partial charge on any atom is 0.268 e. The van der Waals surface area contributed by atoms with Crippen LogP contribution in [0.2, 0.25) is 0 Å². The van der Waals surface area contributed by atoms with Gasteiger partial charge >= 0.3 is 0 Å². The molecule has 0 atom stereocenters. The second-order valence-corrected chi connectivity index (χ2v) is 7.32. The lowest BCUT2D eigenvalue weighted by Crippen LogP contribution is -2.22. The second kappa shape index (κ2) is 7.33. The highest BCUT2D eigenvalue weighted by molar-refractivity contribution is 8.04. The van der Waals surface area contributed by atoms with E-state index in [2.05, 4.69) is 10.6 Å². The predicted molar refractivity (Wildman–Crippen MR) is 103 cm³/mol. The van der Waals surface area contributed by atoms with E-state index in [-0.39, 0.29) is 21.8 Å². The lowest BCUT2D eigenvalue weighted by atomic mass is 10.0. The summed E-state index contributed by atoms with van der Waals surface area (Å²) >= 11 is 7.44. The summed E-state index contributed by atoms with van der Waals surface area (Å²) in [7, 11) is 0. The van der Waals surface area contributed by atoms with Crippen LogP contribution >= 0.6 is 23.4 Å². The van der Waals surface area contributed by atoms with Gasteiger partial charge in [-0.25, -0.2) is 0 Å². The van der Waals surface area contributed by atoms with Gasteiger partial charge in [0.2, 0.25) is 0 Å². The van der Waals surface area contributed by atoms with Crippen LogP contribution < -0.4 is 10.6 Å². The Bertz CT molecular complexity index is 877. The Morgan fingerprint density at radius 1 is 1.12 bits per heavy atom. The third-order valence-corrected chi connectivity index (χ3v) is 5.43. The minimum Gasteiger partial charge on any atom is -0.321 e. The summed E-state index contributed by atoms with van der Waals surface area (Å²) in [5.41, 5.74) is 2.43. The van der Waals surface area contributed by atoms with Crippen LogP contribution in [0, 0.1) is 0 Å². The molecule has 0 aliphatic carbocycles. The van der Waals surface area contributed by atoms with E-state index in [0.717, 1.165) is 16.1 Å². The number of carbonyl (C=O) groups excluding carboxylic acids is 2. The first-order valence-corrected chi connectivity index (χ1v) is 9.05. The molecule has 0 aromatic heterocycles. The SMILES string of the molecule is CC(C)c1ccccc1NC(=O)/C(Cl)=C1/Sc2ccccc2NC1=O. The van der Waals surface area contributed by atoms with Crippen LogP contribution in [0.1, 0.15) is 25.3 Å². The van der Waals surface area contributed by atoms with Gasteiger partial charge in [-0.15, -0.1) is 0 Å². The topological polar surface area (TPSA) is 58.2 Å². The van der Waals surface area contributed by atoms with Crippen molar-refractivity contribution in [3.8, 4) is 0 Å². The largest absolute Gasteiger partial charge is 0.321 e. The van der Waals surface area contributed by atoms with Gasteiger partial charge in [0.15, 0.2) is 0 Å². The van der Waals surface area contributed by atoms with Gasteiger partial charge in [0.05, 0.1) is 5.69 Å². The molecule has 1 aliphatic rings. The molecule has 1 aliphatic heterocycles. The van der Waals surface area contributed by atoms with Crippen LogP contribution in [0.15, 0.2) is 63.4 Å². The molecule has 1 heterocycles. The van der Waals surface area contributed by atoms with Gasteiger partial charge in [-0.05, 0) is 29.7 Å². The Hall–Kier alpha value is -2.24. The van der Waals surface area contributed by atoms with E-state index in [4.69, 9.17) is 11.6 Å². The lowest BCUT2D eigenvalue weighted by Gasteiger charge is -2.19. The number of fused-ring (bicyclic) bond motifs is 1. The molecule has 3 rings (SSSR count). The smallest absolute Gasteiger partial charge is 0.268 e. The van der Waals surface area contributed by atoms with Crippen molar-refractivity contribution in [1.29, 1.82) is 0 Å². The number of para-hydroxylation sites is 2. The Kier molecular flexibility index (Phi) is 5.16. The van der Waals surface area contributed by atoms with E-state index >= 15 is 0 Å². The van der Waals surface area contributed by atoms with E-state index in [9.17, 15) is 9.59 Å². The van der Waals surface area contributed by atoms with Crippen LogP contribution in [0.3, 0.4) is 0 Å². The van der Waals surface area contributed by atoms with Crippen molar-refractivity contribution >= 4 is 46.6 Å². The normalized spacial score (nSPS) is 15.4. The number of hydrogen-bond donors (Lipinski definition) is 2. The first kappa shape index (κ1) is 17.6. The Balaban J connectivity index is 1.88. The van der Waals surface area contributed by atoms with E-state index in [0.29, 0.717) is 5.69 Å². The fourth-order valence-electron chi connectivity index (χ4n) is 2.53. The Morgan fingerprint density at radius 3 is 2.56 bits per heavy atom. The number of thioether (sulfide) groups is 1. The van der Waals surface area contributed by atoms with Gasteiger partial charge < -0.3 is 10.6 Å². The average molecular weight is 373 g/mol. The lowest BCUT2D eigenvalue weighted by molar-refractivity contribution is -0.114. The minimum absolute atomic E-state index is 0.115. The first-order chi connectivity index (χ1) is 12.0. The molecule has 0 bridgehead atoms. The summed E-state index contributed by atoms with van der Waals surface area (Å²) in [4.78, 5) is 25.9. The average Bonchev–Trinajstić information content (AvgIpc) is 2.60. The van der Waals surface area contributed by atoms with Crippen LogP contribution in [-0.4, -0.2) is 11.8 Å². The summed E-state index contributed by atoms with van der Waals surface area (Å²) in [6, 6.07) is 14.9. The van der Waals surface area contributed by atoms with Crippen LogP contribution in [0.4, 0.5) is 11.4 Å². The highest BCUT2D eigenvalue weighted by Crippen LogP contribution is 2.40. The first-order valence-electron chi connectivity index (χ1n) is 7.85. The predicted octanol–water partition coefficient (Wildman–Crippen LogP) is 4.94. The molecule has 2 N–H and O–H groups in total. The maximum absolute atomic E-state index is 12.5. The number of rotatable bonds is 3. The number of benzene rings is 2. The maximum atomic E-state index is 12.5. The number of nitrogens with one attached hydrogen (secondary N) is 2. The van der Waals surface area contributed by atoms with E-state index in [1.165, 1.54) is 11.8 Å². The number of amides is 2. The molecule has 2 aromatic carbocycles. The van der Waals surface area contributed by atoms with Crippen molar-refractivity contribution in [3.05, 3.63) is 64.0 Å².